The van der Waals surface area contributed by atoms with E-state index in [4.69, 9.17) is 0 Å². The fraction of sp³-hybridized carbons (Fsp3) is 0. The molecule has 0 aromatic carbocycles. The summed E-state index contributed by atoms with van der Waals surface area (Å²) >= 11 is 0. The van der Waals surface area contributed by atoms with Crippen molar-refractivity contribution in [1.82, 2.24) is 0 Å². The van der Waals surface area contributed by atoms with E-state index in [-0.39, 0.29) is 63.9 Å². The molecule has 0 rings (SSSR count). The van der Waals surface area contributed by atoms with Gasteiger partial charge >= 0.3 is 0 Å². The normalized spacial score (nSPS) is 0. The van der Waals surface area contributed by atoms with Gasteiger partial charge in [-0.05, 0) is 0 Å². The van der Waals surface area contributed by atoms with E-state index in [0.717, 1.165) is 0 Å². The monoisotopic (exact) mass is 261 g/mol. The van der Waals surface area contributed by atoms with Gasteiger partial charge < -0.3 is 0 Å². The van der Waals surface area contributed by atoms with Gasteiger partial charge in [-0.2, -0.15) is 9.90 Å². The Morgan fingerprint density at radius 1 is 1.00 bits per heavy atom. The first-order valence-electron chi connectivity index (χ1n) is 0. The molecule has 4 heteroatoms. The summed E-state index contributed by atoms with van der Waals surface area (Å²) in [5.41, 5.74) is 0. The summed E-state index contributed by atoms with van der Waals surface area (Å²) in [5.74, 6) is 0. The maximum absolute atomic E-state index is 0. The van der Waals surface area contributed by atoms with Gasteiger partial charge in [-0.15, -0.1) is 0 Å². The molecule has 0 aromatic rings. The molecule has 1 unspecified atom stereocenters. The summed E-state index contributed by atoms with van der Waals surface area (Å²) in [6.07, 6.45) is 0. The van der Waals surface area contributed by atoms with E-state index in [1.54, 1.807) is 0 Å². The van der Waals surface area contributed by atoms with Crippen LogP contribution < -0.4 is 0 Å². The van der Waals surface area contributed by atoms with Crippen molar-refractivity contribution in [3.05, 3.63) is 0 Å². The van der Waals surface area contributed by atoms with Gasteiger partial charge in [0.2, 0.25) is 0 Å². The second-order valence-corrected chi connectivity index (χ2v) is 0. The summed E-state index contributed by atoms with van der Waals surface area (Å²) in [7, 11) is 0. The van der Waals surface area contributed by atoms with E-state index in [0.29, 0.717) is 0 Å². The van der Waals surface area contributed by atoms with Gasteiger partial charge in [0.05, 0.1) is 0 Å². The molecule has 0 saturated carbocycles. The maximum atomic E-state index is 0. The third kappa shape index (κ3) is 8.93. The van der Waals surface area contributed by atoms with Crippen LogP contribution in [0.5, 0.6) is 0 Å². The van der Waals surface area contributed by atoms with Crippen molar-refractivity contribution in [3.63, 3.8) is 0 Å². The summed E-state index contributed by atoms with van der Waals surface area (Å²) in [6.45, 7) is 0. The first-order valence-corrected chi connectivity index (χ1v) is 0. The molecule has 4 heavy (non-hydrogen) atoms. The molecule has 1 atom stereocenters. The van der Waals surface area contributed by atoms with Crippen LogP contribution in [0, 0.1) is 0 Å². The first kappa shape index (κ1) is 35.9. The molecule has 0 saturated heterocycles. The van der Waals surface area contributed by atoms with Crippen LogP contribution >= 0.6 is 9.90 Å². The van der Waals surface area contributed by atoms with Crippen LogP contribution in [-0.2, 0) is 54.0 Å². The van der Waals surface area contributed by atoms with Crippen molar-refractivity contribution in [2.75, 3.05) is 0 Å². The zero-order valence-electron chi connectivity index (χ0n) is 1.64. The van der Waals surface area contributed by atoms with Crippen LogP contribution in [0.4, 0.5) is 0 Å². The largest absolute Gasteiger partial charge is 0.153 e. The van der Waals surface area contributed by atoms with Crippen LogP contribution in [0.15, 0.2) is 0 Å². The molecule has 0 amide bonds. The standard InChI is InChI=1S/Cu.Ni.H3P.Pd/h;;1H3;. The smallest absolute Gasteiger partial charge is 0 e. The van der Waals surface area contributed by atoms with Gasteiger partial charge in [-0.1, -0.05) is 0 Å². The molecule has 0 aliphatic rings. The van der Waals surface area contributed by atoms with Crippen molar-refractivity contribution in [2.45, 2.75) is 0 Å². The van der Waals surface area contributed by atoms with Gasteiger partial charge in [-0.25, -0.2) is 0 Å². The molecule has 0 spiro atoms. The average Bonchev–Trinajstić information content (AvgIpc) is 0. The Kier molecular flexibility index (Phi) is 174. The minimum atomic E-state index is 0. The SMILES string of the molecule is P.[Cu].[Ni].[Pd]. The van der Waals surface area contributed by atoms with E-state index in [1.165, 1.54) is 0 Å². The first-order chi connectivity index (χ1) is 0. The number of rotatable bonds is 0. The van der Waals surface area contributed by atoms with Crippen molar-refractivity contribution in [3.8, 4) is 0 Å². The Morgan fingerprint density at radius 2 is 1.00 bits per heavy atom. The van der Waals surface area contributed by atoms with Crippen molar-refractivity contribution in [2.24, 2.45) is 0 Å². The molecular weight excluding hydrogens is 260 g/mol. The van der Waals surface area contributed by atoms with Crippen molar-refractivity contribution < 1.29 is 54.0 Å². The van der Waals surface area contributed by atoms with E-state index < -0.39 is 0 Å². The molecule has 0 aliphatic heterocycles. The second kappa shape index (κ2) is 19.4. The van der Waals surface area contributed by atoms with Crippen LogP contribution in [0.2, 0.25) is 0 Å². The molecule has 0 bridgehead atoms. The fourth-order valence-electron chi connectivity index (χ4n) is 0. The van der Waals surface area contributed by atoms with E-state index in [9.17, 15) is 0 Å². The third-order valence-electron chi connectivity index (χ3n) is 0. The van der Waals surface area contributed by atoms with Gasteiger partial charge in [0.1, 0.15) is 0 Å². The Labute approximate surface area is 63.5 Å². The van der Waals surface area contributed by atoms with Gasteiger partial charge in [0.25, 0.3) is 0 Å². The molecule has 1 radical (unpaired) electrons. The molecule has 0 aromatic heterocycles. The van der Waals surface area contributed by atoms with E-state index in [1.807, 2.05) is 0 Å². The van der Waals surface area contributed by atoms with Crippen molar-refractivity contribution in [1.29, 1.82) is 0 Å². The Morgan fingerprint density at radius 3 is 1.00 bits per heavy atom. The summed E-state index contributed by atoms with van der Waals surface area (Å²) in [4.78, 5) is 0. The molecule has 0 fully saturated rings. The number of hydrogen-bond donors (Lipinski definition) is 0. The predicted octanol–water partition coefficient (Wildman–Crippen LogP) is 0.0506. The van der Waals surface area contributed by atoms with E-state index >= 15 is 0 Å². The molecule has 39 valence electrons. The van der Waals surface area contributed by atoms with Crippen LogP contribution in [0.25, 0.3) is 0 Å². The Hall–Kier alpha value is 2.11. The molecule has 0 nitrogen and oxygen atoms in total. The predicted molar refractivity (Wildman–Crippen MR) is 11.1 cm³/mol. The third-order valence-corrected chi connectivity index (χ3v) is 0. The van der Waals surface area contributed by atoms with Crippen LogP contribution in [0.3, 0.4) is 0 Å². The molecule has 0 heterocycles. The second-order valence-electron chi connectivity index (χ2n) is 0. The summed E-state index contributed by atoms with van der Waals surface area (Å²) in [6, 6.07) is 0. The topological polar surface area (TPSA) is 0 Å². The maximum Gasteiger partial charge on any atom is 0 e. The fourth-order valence-corrected chi connectivity index (χ4v) is 0. The minimum absolute atomic E-state index is 0. The quantitative estimate of drug-likeness (QED) is 0.428. The zero-order valence-corrected chi connectivity index (χ0v) is 6.54. The zero-order chi connectivity index (χ0) is 0. The molecule has 0 aliphatic carbocycles. The Balaban J connectivity index is 0. The van der Waals surface area contributed by atoms with Crippen LogP contribution in [-0.4, -0.2) is 0 Å². The summed E-state index contributed by atoms with van der Waals surface area (Å²) in [5, 5.41) is 0. The molecule has 0 N–H and O–H groups in total. The van der Waals surface area contributed by atoms with E-state index in [2.05, 4.69) is 0 Å². The summed E-state index contributed by atoms with van der Waals surface area (Å²) < 4.78 is 0. The van der Waals surface area contributed by atoms with Gasteiger partial charge in [-0.3, -0.25) is 0 Å². The minimum Gasteiger partial charge on any atom is -0.153 e. The molecular formula is H3CuNiPPd. The van der Waals surface area contributed by atoms with Crippen LogP contribution in [0.1, 0.15) is 0 Å². The van der Waals surface area contributed by atoms with Gasteiger partial charge in [0.15, 0.2) is 0 Å². The average molecular weight is 263 g/mol. The Bertz CT molecular complexity index is 8.00. The van der Waals surface area contributed by atoms with Gasteiger partial charge in [0, 0.05) is 54.0 Å². The van der Waals surface area contributed by atoms with Crippen molar-refractivity contribution >= 4 is 9.90 Å². The number of hydrogen-bond acceptors (Lipinski definition) is 0.